The second-order valence-electron chi connectivity index (χ2n) is 5.84. The van der Waals surface area contributed by atoms with Gasteiger partial charge in [-0.3, -0.25) is 4.79 Å². The Hall–Kier alpha value is -2.54. The Bertz CT molecular complexity index is 710. The van der Waals surface area contributed by atoms with Crippen molar-refractivity contribution >= 4 is 5.97 Å². The quantitative estimate of drug-likeness (QED) is 0.667. The van der Waals surface area contributed by atoms with Crippen molar-refractivity contribution in [2.75, 3.05) is 0 Å². The topological polar surface area (TPSA) is 58.6 Å². The van der Waals surface area contributed by atoms with E-state index in [1.165, 1.54) is 6.07 Å². The number of carbonyl (C=O) groups is 1. The van der Waals surface area contributed by atoms with Crippen LogP contribution in [0.5, 0.6) is 5.75 Å². The van der Waals surface area contributed by atoms with Gasteiger partial charge in [-0.25, -0.2) is 4.39 Å². The first-order valence-corrected chi connectivity index (χ1v) is 8.16. The van der Waals surface area contributed by atoms with Crippen molar-refractivity contribution in [3.63, 3.8) is 0 Å². The summed E-state index contributed by atoms with van der Waals surface area (Å²) < 4.78 is 42.2. The molecule has 2 rings (SSSR count). The molecule has 0 aliphatic heterocycles. The van der Waals surface area contributed by atoms with Gasteiger partial charge in [-0.15, -0.1) is 0 Å². The summed E-state index contributed by atoms with van der Waals surface area (Å²) in [6, 6.07) is 13.3. The number of aliphatic carboxylic acids is 1. The Morgan fingerprint density at radius 2 is 1.85 bits per heavy atom. The van der Waals surface area contributed by atoms with Crippen LogP contribution in [0.4, 0.5) is 13.2 Å². The number of halogens is 3. The highest BCUT2D eigenvalue weighted by atomic mass is 19.3. The number of benzene rings is 2. The number of hydrogen-bond donors (Lipinski definition) is 2. The predicted molar refractivity (Wildman–Crippen MR) is 90.7 cm³/mol. The molecule has 2 aromatic carbocycles. The summed E-state index contributed by atoms with van der Waals surface area (Å²) in [6.45, 7) is -2.80. The van der Waals surface area contributed by atoms with Gasteiger partial charge in [-0.2, -0.15) is 8.78 Å². The molecule has 2 N–H and O–H groups in total. The van der Waals surface area contributed by atoms with E-state index in [4.69, 9.17) is 5.11 Å². The Labute approximate surface area is 149 Å². The van der Waals surface area contributed by atoms with Gasteiger partial charge in [0.25, 0.3) is 0 Å². The van der Waals surface area contributed by atoms with Gasteiger partial charge in [0.15, 0.2) is 11.6 Å². The molecule has 26 heavy (non-hydrogen) atoms. The number of alkyl halides is 2. The Morgan fingerprint density at radius 3 is 2.46 bits per heavy atom. The van der Waals surface area contributed by atoms with E-state index in [-0.39, 0.29) is 19.0 Å². The molecule has 0 radical (unpaired) electrons. The second-order valence-corrected chi connectivity index (χ2v) is 5.84. The van der Waals surface area contributed by atoms with Crippen molar-refractivity contribution in [2.24, 2.45) is 0 Å². The average molecular weight is 367 g/mol. The van der Waals surface area contributed by atoms with E-state index in [0.717, 1.165) is 17.7 Å². The van der Waals surface area contributed by atoms with Gasteiger partial charge < -0.3 is 15.2 Å². The maximum atomic E-state index is 13.8. The van der Waals surface area contributed by atoms with Crippen molar-refractivity contribution < 1.29 is 27.8 Å². The second kappa shape index (κ2) is 9.82. The third-order valence-corrected chi connectivity index (χ3v) is 3.84. The zero-order valence-corrected chi connectivity index (χ0v) is 14.0. The van der Waals surface area contributed by atoms with Crippen molar-refractivity contribution in [1.29, 1.82) is 0 Å². The summed E-state index contributed by atoms with van der Waals surface area (Å²) in [4.78, 5) is 10.8. The van der Waals surface area contributed by atoms with Crippen LogP contribution in [0.25, 0.3) is 0 Å². The molecule has 0 spiro atoms. The zero-order chi connectivity index (χ0) is 18.9. The maximum Gasteiger partial charge on any atom is 0.387 e. The van der Waals surface area contributed by atoms with Crippen LogP contribution in [-0.4, -0.2) is 23.7 Å². The van der Waals surface area contributed by atoms with Crippen molar-refractivity contribution in [3.05, 3.63) is 65.5 Å². The Balaban J connectivity index is 1.98. The van der Waals surface area contributed by atoms with Gasteiger partial charge in [0.1, 0.15) is 0 Å². The van der Waals surface area contributed by atoms with Gasteiger partial charge in [0.2, 0.25) is 0 Å². The minimum absolute atomic E-state index is 0.0139. The largest absolute Gasteiger partial charge is 0.481 e. The molecule has 0 heterocycles. The van der Waals surface area contributed by atoms with Crippen LogP contribution in [0.2, 0.25) is 0 Å². The fraction of sp³-hybridized carbons (Fsp3) is 0.316. The van der Waals surface area contributed by atoms with Gasteiger partial charge in [0.05, 0.1) is 0 Å². The van der Waals surface area contributed by atoms with E-state index in [9.17, 15) is 18.0 Å². The molecule has 140 valence electrons. The van der Waals surface area contributed by atoms with E-state index < -0.39 is 24.1 Å². The fourth-order valence-electron chi connectivity index (χ4n) is 2.58. The van der Waals surface area contributed by atoms with Crippen LogP contribution in [0.1, 0.15) is 24.0 Å². The van der Waals surface area contributed by atoms with Crippen LogP contribution >= 0.6 is 0 Å². The highest BCUT2D eigenvalue weighted by molar-refractivity contribution is 5.66. The van der Waals surface area contributed by atoms with E-state index >= 15 is 0 Å². The lowest BCUT2D eigenvalue weighted by Gasteiger charge is -2.18. The summed E-state index contributed by atoms with van der Waals surface area (Å²) in [7, 11) is 0. The number of nitrogens with one attached hydrogen (secondary N) is 1. The maximum absolute atomic E-state index is 13.8. The molecule has 0 saturated heterocycles. The van der Waals surface area contributed by atoms with Crippen molar-refractivity contribution in [2.45, 2.75) is 38.5 Å². The van der Waals surface area contributed by atoms with Crippen LogP contribution < -0.4 is 10.1 Å². The normalized spacial score (nSPS) is 12.2. The molecule has 0 saturated carbocycles. The number of ether oxygens (including phenoxy) is 1. The number of hydrogen-bond acceptors (Lipinski definition) is 3. The number of carboxylic acid groups (broad SMARTS) is 1. The van der Waals surface area contributed by atoms with Crippen LogP contribution in [0.3, 0.4) is 0 Å². The summed E-state index contributed by atoms with van der Waals surface area (Å²) >= 11 is 0. The highest BCUT2D eigenvalue weighted by Gasteiger charge is 2.13. The SMILES string of the molecule is O=C(O)CCC(Cc1ccccc1)NCc1ccc(OC(F)F)c(F)c1. The first-order chi connectivity index (χ1) is 12.4. The summed E-state index contributed by atoms with van der Waals surface area (Å²) in [5.74, 6) is -2.25. The smallest absolute Gasteiger partial charge is 0.387 e. The summed E-state index contributed by atoms with van der Waals surface area (Å²) in [5.41, 5.74) is 1.61. The first-order valence-electron chi connectivity index (χ1n) is 8.16. The van der Waals surface area contributed by atoms with Gasteiger partial charge in [0, 0.05) is 19.0 Å². The van der Waals surface area contributed by atoms with Crippen LogP contribution in [-0.2, 0) is 17.8 Å². The molecule has 0 aromatic heterocycles. The average Bonchev–Trinajstić information content (AvgIpc) is 2.60. The lowest BCUT2D eigenvalue weighted by Crippen LogP contribution is -2.31. The number of rotatable bonds is 10. The molecule has 1 unspecified atom stereocenters. The van der Waals surface area contributed by atoms with Crippen molar-refractivity contribution in [3.8, 4) is 5.75 Å². The number of carboxylic acids is 1. The molecule has 7 heteroatoms. The zero-order valence-electron chi connectivity index (χ0n) is 14.0. The molecular weight excluding hydrogens is 347 g/mol. The van der Waals surface area contributed by atoms with Gasteiger partial charge in [-0.1, -0.05) is 36.4 Å². The van der Waals surface area contributed by atoms with E-state index in [0.29, 0.717) is 18.4 Å². The van der Waals surface area contributed by atoms with E-state index in [1.807, 2.05) is 30.3 Å². The molecule has 0 fully saturated rings. The first kappa shape index (κ1) is 19.8. The monoisotopic (exact) mass is 367 g/mol. The summed E-state index contributed by atoms with van der Waals surface area (Å²) in [5, 5.41) is 12.1. The predicted octanol–water partition coefficient (Wildman–Crippen LogP) is 3.99. The highest BCUT2D eigenvalue weighted by Crippen LogP contribution is 2.20. The molecular formula is C19H20F3NO3. The molecule has 0 aliphatic rings. The third kappa shape index (κ3) is 6.76. The van der Waals surface area contributed by atoms with Crippen LogP contribution in [0, 0.1) is 5.82 Å². The van der Waals surface area contributed by atoms with Crippen LogP contribution in [0.15, 0.2) is 48.5 Å². The van der Waals surface area contributed by atoms with Gasteiger partial charge in [-0.05, 0) is 36.1 Å². The Kier molecular flexibility index (Phi) is 7.47. The standard InChI is InChI=1S/C19H20F3NO3/c20-16-11-14(6-8-17(16)26-19(21)22)12-23-15(7-9-18(24)25)10-13-4-2-1-3-5-13/h1-6,8,11,15,19,23H,7,9-10,12H2,(H,24,25). The fourth-order valence-corrected chi connectivity index (χ4v) is 2.58. The summed E-state index contributed by atoms with van der Waals surface area (Å²) in [6.07, 6.45) is 1.06. The Morgan fingerprint density at radius 1 is 1.12 bits per heavy atom. The lowest BCUT2D eigenvalue weighted by molar-refractivity contribution is -0.137. The minimum Gasteiger partial charge on any atom is -0.481 e. The molecule has 2 aromatic rings. The van der Waals surface area contributed by atoms with E-state index in [2.05, 4.69) is 10.1 Å². The molecule has 0 amide bonds. The van der Waals surface area contributed by atoms with E-state index in [1.54, 1.807) is 0 Å². The molecule has 0 bridgehead atoms. The molecule has 0 aliphatic carbocycles. The van der Waals surface area contributed by atoms with Gasteiger partial charge >= 0.3 is 12.6 Å². The van der Waals surface area contributed by atoms with Crippen molar-refractivity contribution in [1.82, 2.24) is 5.32 Å². The minimum atomic E-state index is -3.08. The third-order valence-electron chi connectivity index (χ3n) is 3.84. The molecule has 4 nitrogen and oxygen atoms in total. The molecule has 1 atom stereocenters. The lowest BCUT2D eigenvalue weighted by atomic mass is 10.0.